The topological polar surface area (TPSA) is 89.3 Å². The van der Waals surface area contributed by atoms with Gasteiger partial charge in [-0.1, -0.05) is 37.3 Å². The second-order valence-electron chi connectivity index (χ2n) is 6.12. The molecule has 3 atom stereocenters. The van der Waals surface area contributed by atoms with Gasteiger partial charge >= 0.3 is 0 Å². The van der Waals surface area contributed by atoms with E-state index in [1.54, 1.807) is 13.8 Å². The average Bonchev–Trinajstić information content (AvgIpc) is 2.71. The fraction of sp³-hybridized carbons (Fsp3) is 0.533. The number of sulfone groups is 1. The molecule has 7 heteroatoms. The van der Waals surface area contributed by atoms with Gasteiger partial charge in [0.25, 0.3) is 0 Å². The maximum atomic E-state index is 12.3. The number of carbonyl (C=O) groups excluding carboxylic acids is 1. The van der Waals surface area contributed by atoms with Gasteiger partial charge in [0, 0.05) is 6.04 Å². The summed E-state index contributed by atoms with van der Waals surface area (Å²) < 4.78 is 23.2. The summed E-state index contributed by atoms with van der Waals surface area (Å²) >= 11 is 0. The van der Waals surface area contributed by atoms with E-state index >= 15 is 0 Å². The molecule has 0 aromatic heterocycles. The minimum Gasteiger partial charge on any atom is -0.350 e. The van der Waals surface area contributed by atoms with Crippen molar-refractivity contribution in [3.05, 3.63) is 35.9 Å². The van der Waals surface area contributed by atoms with Crippen molar-refractivity contribution >= 4 is 28.2 Å². The van der Waals surface area contributed by atoms with E-state index in [2.05, 4.69) is 5.32 Å². The first kappa shape index (κ1) is 18.9. The van der Waals surface area contributed by atoms with Crippen LogP contribution in [0, 0.1) is 5.92 Å². The van der Waals surface area contributed by atoms with Crippen LogP contribution in [0.5, 0.6) is 0 Å². The largest absolute Gasteiger partial charge is 0.350 e. The van der Waals surface area contributed by atoms with E-state index in [0.29, 0.717) is 6.42 Å². The summed E-state index contributed by atoms with van der Waals surface area (Å²) in [6.45, 7) is 3.54. The van der Waals surface area contributed by atoms with Crippen LogP contribution in [-0.4, -0.2) is 31.4 Å². The summed E-state index contributed by atoms with van der Waals surface area (Å²) in [5, 5.41) is 2.86. The molecule has 0 radical (unpaired) electrons. The van der Waals surface area contributed by atoms with Gasteiger partial charge < -0.3 is 11.1 Å². The zero-order chi connectivity index (χ0) is 15.7. The molecular formula is C15H23ClN2O3S. The lowest BCUT2D eigenvalue weighted by molar-refractivity contribution is -0.126. The molecule has 1 aromatic carbocycles. The van der Waals surface area contributed by atoms with Crippen LogP contribution < -0.4 is 11.1 Å². The Hall–Kier alpha value is -1.11. The molecule has 2 rings (SSSR count). The lowest BCUT2D eigenvalue weighted by Crippen LogP contribution is -2.50. The molecule has 3 N–H and O–H groups in total. The molecule has 5 nitrogen and oxygen atoms in total. The number of rotatable bonds is 4. The standard InChI is InChI=1S/C15H22N2O3S.ClH/c1-11(13(16)12-6-4-3-5-7-12)14(18)17-15(2)8-9-21(19,20)10-15;/h3-7,11,13H,8-10,16H2,1-2H3,(H,17,18);1H. The molecule has 1 heterocycles. The van der Waals surface area contributed by atoms with Crippen molar-refractivity contribution in [2.24, 2.45) is 11.7 Å². The van der Waals surface area contributed by atoms with Crippen LogP contribution in [0.3, 0.4) is 0 Å². The lowest BCUT2D eigenvalue weighted by Gasteiger charge is -2.28. The Morgan fingerprint density at radius 2 is 1.91 bits per heavy atom. The molecule has 0 saturated carbocycles. The summed E-state index contributed by atoms with van der Waals surface area (Å²) in [5.41, 5.74) is 6.34. The summed E-state index contributed by atoms with van der Waals surface area (Å²) in [7, 11) is -3.04. The van der Waals surface area contributed by atoms with Crippen LogP contribution in [0.2, 0.25) is 0 Å². The highest BCUT2D eigenvalue weighted by Gasteiger charge is 2.40. The van der Waals surface area contributed by atoms with Gasteiger partial charge in [-0.15, -0.1) is 12.4 Å². The molecule has 3 unspecified atom stereocenters. The van der Waals surface area contributed by atoms with E-state index in [1.165, 1.54) is 0 Å². The minimum absolute atomic E-state index is 0. The molecule has 1 amide bonds. The predicted molar refractivity (Wildman–Crippen MR) is 89.6 cm³/mol. The van der Waals surface area contributed by atoms with Gasteiger partial charge in [0.1, 0.15) is 0 Å². The van der Waals surface area contributed by atoms with Gasteiger partial charge in [0.15, 0.2) is 9.84 Å². The molecular weight excluding hydrogens is 324 g/mol. The second-order valence-corrected chi connectivity index (χ2v) is 8.30. The number of nitrogens with two attached hydrogens (primary N) is 1. The highest BCUT2D eigenvalue weighted by atomic mass is 35.5. The van der Waals surface area contributed by atoms with Crippen molar-refractivity contribution in [1.29, 1.82) is 0 Å². The number of carbonyl (C=O) groups is 1. The van der Waals surface area contributed by atoms with Crippen molar-refractivity contribution < 1.29 is 13.2 Å². The molecule has 1 aliphatic rings. The van der Waals surface area contributed by atoms with E-state index in [-0.39, 0.29) is 29.8 Å². The smallest absolute Gasteiger partial charge is 0.225 e. The van der Waals surface area contributed by atoms with E-state index in [0.717, 1.165) is 5.56 Å². The Morgan fingerprint density at radius 1 is 1.32 bits per heavy atom. The Labute approximate surface area is 138 Å². The minimum atomic E-state index is -3.04. The first-order valence-corrected chi connectivity index (χ1v) is 8.88. The third-order valence-electron chi connectivity index (χ3n) is 4.07. The summed E-state index contributed by atoms with van der Waals surface area (Å²) in [6.07, 6.45) is 0.453. The molecule has 1 aromatic rings. The maximum Gasteiger partial charge on any atom is 0.225 e. The highest BCUT2D eigenvalue weighted by molar-refractivity contribution is 7.91. The van der Waals surface area contributed by atoms with Gasteiger partial charge in [-0.3, -0.25) is 4.79 Å². The van der Waals surface area contributed by atoms with E-state index in [9.17, 15) is 13.2 Å². The van der Waals surface area contributed by atoms with E-state index in [4.69, 9.17) is 5.73 Å². The second kappa shape index (κ2) is 6.98. The Balaban J connectivity index is 0.00000242. The maximum absolute atomic E-state index is 12.3. The monoisotopic (exact) mass is 346 g/mol. The zero-order valence-electron chi connectivity index (χ0n) is 12.8. The SMILES string of the molecule is CC(C(=O)NC1(C)CCS(=O)(=O)C1)C(N)c1ccccc1.Cl. The third-order valence-corrected chi connectivity index (χ3v) is 5.97. The van der Waals surface area contributed by atoms with Crippen LogP contribution in [-0.2, 0) is 14.6 Å². The molecule has 1 fully saturated rings. The van der Waals surface area contributed by atoms with Gasteiger partial charge in [0.05, 0.1) is 23.0 Å². The Bertz CT molecular complexity index is 621. The fourth-order valence-corrected chi connectivity index (χ4v) is 4.74. The van der Waals surface area contributed by atoms with Crippen molar-refractivity contribution in [2.45, 2.75) is 31.8 Å². The van der Waals surface area contributed by atoms with Gasteiger partial charge in [-0.05, 0) is 18.9 Å². The van der Waals surface area contributed by atoms with E-state index < -0.39 is 27.3 Å². The summed E-state index contributed by atoms with van der Waals surface area (Å²) in [6, 6.07) is 9.01. The van der Waals surface area contributed by atoms with Crippen molar-refractivity contribution in [3.8, 4) is 0 Å². The van der Waals surface area contributed by atoms with E-state index in [1.807, 2.05) is 30.3 Å². The van der Waals surface area contributed by atoms with Crippen molar-refractivity contribution in [2.75, 3.05) is 11.5 Å². The van der Waals surface area contributed by atoms with Crippen LogP contribution in [0.1, 0.15) is 31.9 Å². The number of benzene rings is 1. The molecule has 22 heavy (non-hydrogen) atoms. The van der Waals surface area contributed by atoms with Crippen LogP contribution in [0.25, 0.3) is 0 Å². The summed E-state index contributed by atoms with van der Waals surface area (Å²) in [5.74, 6) is -0.499. The number of nitrogens with one attached hydrogen (secondary N) is 1. The zero-order valence-corrected chi connectivity index (χ0v) is 14.4. The molecule has 1 saturated heterocycles. The van der Waals surface area contributed by atoms with Gasteiger partial charge in [0.2, 0.25) is 5.91 Å². The number of halogens is 1. The molecule has 0 aliphatic carbocycles. The van der Waals surface area contributed by atoms with Gasteiger partial charge in [-0.2, -0.15) is 0 Å². The van der Waals surface area contributed by atoms with Crippen LogP contribution in [0.15, 0.2) is 30.3 Å². The quantitative estimate of drug-likeness (QED) is 0.863. The molecule has 0 bridgehead atoms. The Kier molecular flexibility index (Phi) is 6.01. The first-order chi connectivity index (χ1) is 9.72. The molecule has 1 aliphatic heterocycles. The third kappa shape index (κ3) is 4.44. The van der Waals surface area contributed by atoms with Crippen molar-refractivity contribution in [3.63, 3.8) is 0 Å². The average molecular weight is 347 g/mol. The first-order valence-electron chi connectivity index (χ1n) is 7.05. The van der Waals surface area contributed by atoms with Crippen molar-refractivity contribution in [1.82, 2.24) is 5.32 Å². The lowest BCUT2D eigenvalue weighted by atomic mass is 9.93. The number of hydrogen-bond acceptors (Lipinski definition) is 4. The highest BCUT2D eigenvalue weighted by Crippen LogP contribution is 2.25. The Morgan fingerprint density at radius 3 is 2.41 bits per heavy atom. The van der Waals surface area contributed by atoms with Crippen LogP contribution in [0.4, 0.5) is 0 Å². The van der Waals surface area contributed by atoms with Crippen LogP contribution >= 0.6 is 12.4 Å². The van der Waals surface area contributed by atoms with Gasteiger partial charge in [-0.25, -0.2) is 8.42 Å². The molecule has 0 spiro atoms. The predicted octanol–water partition coefficient (Wildman–Crippen LogP) is 1.44. The fourth-order valence-electron chi connectivity index (χ4n) is 2.65. The normalized spacial score (nSPS) is 25.8. The molecule has 124 valence electrons. The number of hydrogen-bond donors (Lipinski definition) is 2. The summed E-state index contributed by atoms with van der Waals surface area (Å²) in [4.78, 5) is 12.3. The number of amides is 1.